The van der Waals surface area contributed by atoms with Gasteiger partial charge in [0, 0.05) is 59.7 Å². The van der Waals surface area contributed by atoms with E-state index in [1.54, 1.807) is 41.8 Å². The molecule has 2 unspecified atom stereocenters. The summed E-state index contributed by atoms with van der Waals surface area (Å²) >= 11 is 3.30. The number of nitrogens with one attached hydrogen (secondary N) is 4. The Bertz CT molecular complexity index is 2010. The van der Waals surface area contributed by atoms with Gasteiger partial charge in [0.15, 0.2) is 11.6 Å². The van der Waals surface area contributed by atoms with Crippen LogP contribution in [0.5, 0.6) is 11.5 Å². The number of ether oxygens (including phenoxy) is 2. The number of hydrazine groups is 2. The van der Waals surface area contributed by atoms with Crippen LogP contribution in [0, 0.1) is 17.5 Å². The van der Waals surface area contributed by atoms with Crippen molar-refractivity contribution < 1.29 is 27.4 Å². The Balaban J connectivity index is 1.34. The van der Waals surface area contributed by atoms with E-state index < -0.39 is 35.4 Å². The number of benzene rings is 3. The van der Waals surface area contributed by atoms with E-state index in [0.717, 1.165) is 5.39 Å². The van der Waals surface area contributed by atoms with Gasteiger partial charge in [-0.3, -0.25) is 9.80 Å². The highest BCUT2D eigenvalue weighted by Crippen LogP contribution is 2.39. The van der Waals surface area contributed by atoms with Crippen molar-refractivity contribution in [3.63, 3.8) is 0 Å². The van der Waals surface area contributed by atoms with Gasteiger partial charge in [-0.1, -0.05) is 18.6 Å². The highest BCUT2D eigenvalue weighted by atomic mass is 79.9. The molecule has 3 aromatic carbocycles. The van der Waals surface area contributed by atoms with E-state index in [0.29, 0.717) is 58.2 Å². The van der Waals surface area contributed by atoms with E-state index >= 15 is 13.2 Å². The van der Waals surface area contributed by atoms with E-state index in [1.165, 1.54) is 31.2 Å². The molecule has 0 saturated carbocycles. The number of fused-ring (bicyclic) bond motifs is 9. The molecular weight excluding hydrogens is 677 g/mol. The van der Waals surface area contributed by atoms with Gasteiger partial charge in [0.25, 0.3) is 0 Å². The average molecular weight is 708 g/mol. The van der Waals surface area contributed by atoms with Gasteiger partial charge in [0.1, 0.15) is 29.3 Å². The van der Waals surface area contributed by atoms with Crippen molar-refractivity contribution in [2.24, 2.45) is 0 Å². The van der Waals surface area contributed by atoms with Crippen molar-refractivity contribution in [2.45, 2.75) is 51.2 Å². The van der Waals surface area contributed by atoms with Gasteiger partial charge in [-0.15, -0.1) is 5.53 Å². The number of hydrogen-bond acceptors (Lipinski definition) is 7. The van der Waals surface area contributed by atoms with Crippen LogP contribution in [0.2, 0.25) is 0 Å². The number of imidazole rings is 1. The Morgan fingerprint density at radius 1 is 1.09 bits per heavy atom. The summed E-state index contributed by atoms with van der Waals surface area (Å²) in [5.74, 6) is -2.04. The summed E-state index contributed by atoms with van der Waals surface area (Å²) < 4.78 is 58.6. The Morgan fingerprint density at radius 3 is 2.79 bits per heavy atom. The molecule has 0 amide bonds. The molecule has 7 rings (SSSR count). The maximum absolute atomic E-state index is 15.7. The molecule has 13 heteroatoms. The average Bonchev–Trinajstić information content (AvgIpc) is 3.82. The third-order valence-corrected chi connectivity index (χ3v) is 9.05. The molecule has 0 saturated heterocycles. The van der Waals surface area contributed by atoms with Crippen molar-refractivity contribution in [1.29, 1.82) is 0 Å². The van der Waals surface area contributed by atoms with Crippen LogP contribution in [0.1, 0.15) is 55.3 Å². The molecule has 6 bridgehead atoms. The second kappa shape index (κ2) is 12.8. The Kier molecular flexibility index (Phi) is 8.41. The summed E-state index contributed by atoms with van der Waals surface area (Å²) in [5, 5.41) is 2.44. The van der Waals surface area contributed by atoms with Crippen molar-refractivity contribution in [2.75, 3.05) is 0 Å². The maximum Gasteiger partial charge on any atom is 0.303 e. The van der Waals surface area contributed by atoms with Crippen molar-refractivity contribution in [1.82, 2.24) is 30.9 Å². The molecule has 0 aliphatic carbocycles. The first kappa shape index (κ1) is 30.9. The van der Waals surface area contributed by atoms with E-state index in [1.807, 2.05) is 6.07 Å². The molecule has 9 nitrogen and oxygen atoms in total. The molecule has 2 atom stereocenters. The predicted octanol–water partition coefficient (Wildman–Crippen LogP) is 7.83. The molecule has 4 N–H and O–H groups in total. The van der Waals surface area contributed by atoms with Crippen LogP contribution in [0.15, 0.2) is 77.3 Å². The van der Waals surface area contributed by atoms with Crippen LogP contribution < -0.4 is 15.7 Å². The van der Waals surface area contributed by atoms with Crippen LogP contribution in [0.3, 0.4) is 0 Å². The SMILES string of the molecule is CC(=O)OC1CCCCC(c2cccc(Br)c2F)c2cnc([nH]2)-c2cc(ccc2F)Oc2c(F)cc3[nH]ccc3c2CN2C=C1NN2. The zero-order valence-corrected chi connectivity index (χ0v) is 26.8. The number of aromatic amines is 2. The summed E-state index contributed by atoms with van der Waals surface area (Å²) in [7, 11) is 0. The van der Waals surface area contributed by atoms with Crippen LogP contribution in [0.4, 0.5) is 13.2 Å². The molecule has 47 heavy (non-hydrogen) atoms. The number of H-pyrrole nitrogens is 2. The lowest BCUT2D eigenvalue weighted by molar-refractivity contribution is -0.145. The number of carbonyl (C=O) groups excluding carboxylic acids is 1. The van der Waals surface area contributed by atoms with E-state index in [4.69, 9.17) is 9.47 Å². The van der Waals surface area contributed by atoms with E-state index in [-0.39, 0.29) is 29.4 Å². The molecule has 2 aliphatic heterocycles. The molecule has 2 aliphatic rings. The lowest BCUT2D eigenvalue weighted by Crippen LogP contribution is -2.38. The number of aromatic nitrogens is 3. The summed E-state index contributed by atoms with van der Waals surface area (Å²) in [6.45, 7) is 1.52. The fourth-order valence-electron chi connectivity index (χ4n) is 6.22. The number of esters is 1. The Hall–Kier alpha value is -4.75. The van der Waals surface area contributed by atoms with Gasteiger partial charge >= 0.3 is 5.97 Å². The molecule has 2 aromatic heterocycles. The molecule has 0 radical (unpaired) electrons. The molecule has 242 valence electrons. The molecular formula is C34H30BrF3N6O3. The summed E-state index contributed by atoms with van der Waals surface area (Å²) in [4.78, 5) is 22.8. The van der Waals surface area contributed by atoms with Gasteiger partial charge in [-0.05, 0) is 71.1 Å². The van der Waals surface area contributed by atoms with E-state index in [9.17, 15) is 4.79 Å². The third kappa shape index (κ3) is 6.20. The lowest BCUT2D eigenvalue weighted by Gasteiger charge is -2.20. The fourth-order valence-corrected chi connectivity index (χ4v) is 6.60. The van der Waals surface area contributed by atoms with Crippen LogP contribution >= 0.6 is 15.9 Å². The first-order valence-corrected chi connectivity index (χ1v) is 16.0. The minimum absolute atomic E-state index is 0.0295. The Morgan fingerprint density at radius 2 is 1.94 bits per heavy atom. The second-order valence-corrected chi connectivity index (χ2v) is 12.4. The monoisotopic (exact) mass is 706 g/mol. The topological polar surface area (TPSA) is 107 Å². The maximum atomic E-state index is 15.7. The van der Waals surface area contributed by atoms with Crippen LogP contribution in [-0.4, -0.2) is 32.0 Å². The number of rotatable bonds is 2. The van der Waals surface area contributed by atoms with Crippen molar-refractivity contribution >= 4 is 32.8 Å². The number of carbonyl (C=O) groups is 1. The molecule has 0 spiro atoms. The number of halogens is 4. The quantitative estimate of drug-likeness (QED) is 0.139. The number of nitrogens with zero attached hydrogens (tertiary/aromatic N) is 2. The largest absolute Gasteiger partial charge is 0.456 e. The van der Waals surface area contributed by atoms with Gasteiger partial charge < -0.3 is 24.9 Å². The second-order valence-electron chi connectivity index (χ2n) is 11.6. The highest BCUT2D eigenvalue weighted by molar-refractivity contribution is 9.10. The molecule has 5 aromatic rings. The number of hydrogen-bond donors (Lipinski definition) is 4. The van der Waals surface area contributed by atoms with Crippen LogP contribution in [0.25, 0.3) is 22.3 Å². The molecule has 4 heterocycles. The minimum Gasteiger partial charge on any atom is -0.456 e. The van der Waals surface area contributed by atoms with Crippen molar-refractivity contribution in [3.8, 4) is 22.9 Å². The minimum atomic E-state index is -0.611. The normalized spacial score (nSPS) is 18.3. The van der Waals surface area contributed by atoms with Gasteiger partial charge in [0.2, 0.25) is 0 Å². The van der Waals surface area contributed by atoms with Gasteiger partial charge in [0.05, 0.1) is 22.3 Å². The van der Waals surface area contributed by atoms with Gasteiger partial charge in [-0.25, -0.2) is 18.2 Å². The Labute approximate surface area is 276 Å². The van der Waals surface area contributed by atoms with Crippen LogP contribution in [-0.2, 0) is 16.1 Å². The standard InChI is InChI=1S/C34H30BrF3N6O3/c1-18(45)46-31-8-3-2-5-20(22-6-4-7-25(35)32(22)38)29-15-40-34(41-29)23-13-19(9-10-26(23)36)47-33-24(16-44-17-30(31)42-43-44)21-11-12-39-28(21)14-27(33)37/h4,6-7,9-15,17,20,31,39,42-43H,2-3,5,8,16H2,1H3,(H,40,41). The summed E-state index contributed by atoms with van der Waals surface area (Å²) in [6, 6.07) is 12.4. The van der Waals surface area contributed by atoms with Crippen molar-refractivity contribution in [3.05, 3.63) is 112 Å². The summed E-state index contributed by atoms with van der Waals surface area (Å²) in [6.07, 6.45) is 6.80. The fraction of sp³-hybridized carbons (Fsp3) is 0.235. The first-order chi connectivity index (χ1) is 22.7. The summed E-state index contributed by atoms with van der Waals surface area (Å²) in [5.41, 5.74) is 9.05. The smallest absolute Gasteiger partial charge is 0.303 e. The zero-order chi connectivity index (χ0) is 32.7. The first-order valence-electron chi connectivity index (χ1n) is 15.2. The lowest BCUT2D eigenvalue weighted by atomic mass is 9.90. The van der Waals surface area contributed by atoms with Gasteiger partial charge in [-0.2, -0.15) is 0 Å². The highest BCUT2D eigenvalue weighted by Gasteiger charge is 2.27. The predicted molar refractivity (Wildman–Crippen MR) is 172 cm³/mol. The zero-order valence-electron chi connectivity index (χ0n) is 25.2. The molecule has 0 fully saturated rings. The van der Waals surface area contributed by atoms with E-state index in [2.05, 4.69) is 41.8 Å². The third-order valence-electron chi connectivity index (χ3n) is 8.44.